The van der Waals surface area contributed by atoms with Crippen LogP contribution < -0.4 is 25.8 Å². The molecule has 1 aromatic heterocycles. The number of nitrogens with zero attached hydrogens (tertiary/aromatic N) is 4. The molecular formula is C34H27Cl2FN4O7. The van der Waals surface area contributed by atoms with Crippen LogP contribution in [0.3, 0.4) is 0 Å². The Hall–Kier alpha value is -5.07. The molecule has 1 N–H and O–H groups in total. The summed E-state index contributed by atoms with van der Waals surface area (Å²) < 4.78 is 28.0. The summed E-state index contributed by atoms with van der Waals surface area (Å²) in [5.74, 6) is -3.34. The maximum Gasteiger partial charge on any atom is 0.352 e. The number of hydrogen-bond acceptors (Lipinski definition) is 7. The molecule has 4 aromatic rings. The van der Waals surface area contributed by atoms with Crippen LogP contribution in [0, 0.1) is 11.7 Å². The number of aromatic hydroxyl groups is 1. The number of ether oxygens (including phenoxy) is 2. The minimum atomic E-state index is -2.12. The Morgan fingerprint density at radius 3 is 2.17 bits per heavy atom. The fourth-order valence-corrected chi connectivity index (χ4v) is 7.79. The van der Waals surface area contributed by atoms with Crippen LogP contribution in [0.5, 0.6) is 17.2 Å². The SMILES string of the molecule is COc1cc(C=C[C@H]2C3=CCn4c(=O)n(-c5ccccc5)c(=O)n4[C@@H]3C[C@@]3(Cl)C(=O)N(c4ccc(F)cc4)C(=O)[C@@]23Cl)cc(OC)c1O. The largest absolute Gasteiger partial charge is 0.502 e. The number of carbonyl (C=O) groups excluding carboxylic acids is 2. The van der Waals surface area contributed by atoms with E-state index in [-0.39, 0.29) is 35.9 Å². The number of allylic oxidation sites excluding steroid dienone is 3. The molecule has 0 unspecified atom stereocenters. The maximum atomic E-state index is 14.4. The molecule has 3 aliphatic rings. The van der Waals surface area contributed by atoms with E-state index in [1.165, 1.54) is 47.8 Å². The van der Waals surface area contributed by atoms with Crippen LogP contribution in [0.4, 0.5) is 10.1 Å². The molecule has 2 fully saturated rings. The van der Waals surface area contributed by atoms with Crippen LogP contribution in [0.25, 0.3) is 11.8 Å². The van der Waals surface area contributed by atoms with Gasteiger partial charge < -0.3 is 14.6 Å². The molecule has 2 aliphatic heterocycles. The highest BCUT2D eigenvalue weighted by molar-refractivity contribution is 6.57. The van der Waals surface area contributed by atoms with Gasteiger partial charge in [-0.15, -0.1) is 23.2 Å². The van der Waals surface area contributed by atoms with Crippen LogP contribution in [-0.4, -0.2) is 54.8 Å². The van der Waals surface area contributed by atoms with Crippen molar-refractivity contribution in [1.29, 1.82) is 0 Å². The van der Waals surface area contributed by atoms with Crippen molar-refractivity contribution >= 4 is 46.8 Å². The van der Waals surface area contributed by atoms with Crippen molar-refractivity contribution in [2.24, 2.45) is 5.92 Å². The number of fused-ring (bicyclic) bond motifs is 4. The van der Waals surface area contributed by atoms with Gasteiger partial charge in [-0.25, -0.2) is 32.8 Å². The van der Waals surface area contributed by atoms with Gasteiger partial charge in [0.15, 0.2) is 21.2 Å². The molecule has 3 heterocycles. The predicted octanol–water partition coefficient (Wildman–Crippen LogP) is 4.41. The number of methoxy groups -OCH3 is 2. The van der Waals surface area contributed by atoms with Gasteiger partial charge >= 0.3 is 11.4 Å². The second-order valence-electron chi connectivity index (χ2n) is 11.6. The van der Waals surface area contributed by atoms with E-state index in [2.05, 4.69) is 0 Å². The van der Waals surface area contributed by atoms with Gasteiger partial charge in [0.05, 0.1) is 38.2 Å². The fraction of sp³-hybridized carbons (Fsp3) is 0.235. The number of benzene rings is 3. The molecule has 0 spiro atoms. The zero-order valence-electron chi connectivity index (χ0n) is 25.5. The number of hydrogen-bond donors (Lipinski definition) is 1. The molecular weight excluding hydrogens is 666 g/mol. The van der Waals surface area contributed by atoms with Crippen LogP contribution in [0.2, 0.25) is 0 Å². The van der Waals surface area contributed by atoms with Gasteiger partial charge in [-0.1, -0.05) is 36.4 Å². The molecule has 14 heteroatoms. The van der Waals surface area contributed by atoms with E-state index in [1.807, 2.05) is 0 Å². The summed E-state index contributed by atoms with van der Waals surface area (Å²) in [4.78, 5) is 52.9. The first-order chi connectivity index (χ1) is 23.0. The number of amides is 2. The summed E-state index contributed by atoms with van der Waals surface area (Å²) >= 11 is 14.6. The number of rotatable bonds is 6. The van der Waals surface area contributed by atoms with E-state index in [0.29, 0.717) is 16.8 Å². The van der Waals surface area contributed by atoms with Gasteiger partial charge in [-0.3, -0.25) is 9.59 Å². The topological polar surface area (TPSA) is 125 Å². The Morgan fingerprint density at radius 1 is 0.896 bits per heavy atom. The number of imide groups is 1. The summed E-state index contributed by atoms with van der Waals surface area (Å²) in [6.07, 6.45) is 4.61. The molecule has 48 heavy (non-hydrogen) atoms. The molecule has 0 bridgehead atoms. The third kappa shape index (κ3) is 4.32. The van der Waals surface area contributed by atoms with Gasteiger partial charge in [-0.05, 0) is 59.7 Å². The van der Waals surface area contributed by atoms with Gasteiger partial charge in [0.25, 0.3) is 11.8 Å². The number of carbonyl (C=O) groups is 2. The molecule has 0 radical (unpaired) electrons. The summed E-state index contributed by atoms with van der Waals surface area (Å²) in [6.45, 7) is -0.0308. The van der Waals surface area contributed by atoms with Crippen molar-refractivity contribution < 1.29 is 28.6 Å². The number of para-hydroxylation sites is 1. The number of halogens is 3. The maximum absolute atomic E-state index is 14.4. The van der Waals surface area contributed by atoms with Crippen molar-refractivity contribution in [2.75, 3.05) is 19.1 Å². The van der Waals surface area contributed by atoms with E-state index < -0.39 is 50.7 Å². The first-order valence-electron chi connectivity index (χ1n) is 14.8. The predicted molar refractivity (Wildman–Crippen MR) is 176 cm³/mol. The Balaban J connectivity index is 1.43. The lowest BCUT2D eigenvalue weighted by Crippen LogP contribution is -2.60. The molecule has 1 saturated heterocycles. The average molecular weight is 694 g/mol. The Kier molecular flexibility index (Phi) is 7.41. The van der Waals surface area contributed by atoms with E-state index in [0.717, 1.165) is 21.6 Å². The first kappa shape index (κ1) is 31.5. The molecule has 1 aliphatic carbocycles. The van der Waals surface area contributed by atoms with Crippen LogP contribution in [0.1, 0.15) is 18.0 Å². The standard InChI is InChI=1S/C34H27Cl2FN4O7/c1-47-26-16-19(17-27(48-2)28(26)42)8-13-24-23-14-15-38-31(45)40(21-6-4-3-5-7-21)32(46)41(38)25(23)18-33(35)29(43)39(30(44)34(24,33)36)22-11-9-20(37)10-12-22/h3-14,16-17,24-25,42H,15,18H2,1-2H3/t24-,25+,33+,34-/m0/s1. The lowest BCUT2D eigenvalue weighted by Gasteiger charge is -2.47. The normalized spacial score (nSPS) is 24.7. The molecule has 7 rings (SSSR count). The van der Waals surface area contributed by atoms with Crippen LogP contribution in [-0.2, 0) is 16.1 Å². The van der Waals surface area contributed by atoms with Crippen LogP contribution >= 0.6 is 23.2 Å². The third-order valence-corrected chi connectivity index (χ3v) is 10.6. The molecule has 11 nitrogen and oxygen atoms in total. The van der Waals surface area contributed by atoms with Gasteiger partial charge in [0.2, 0.25) is 5.75 Å². The van der Waals surface area contributed by atoms with Gasteiger partial charge in [-0.2, -0.15) is 0 Å². The second kappa shape index (κ2) is 11.3. The van der Waals surface area contributed by atoms with Crippen molar-refractivity contribution in [2.45, 2.75) is 28.8 Å². The molecule has 4 atom stereocenters. The van der Waals surface area contributed by atoms with E-state index in [1.54, 1.807) is 48.6 Å². The Morgan fingerprint density at radius 2 is 1.54 bits per heavy atom. The van der Waals surface area contributed by atoms with E-state index >= 15 is 0 Å². The van der Waals surface area contributed by atoms with Gasteiger partial charge in [0.1, 0.15) is 5.82 Å². The summed E-state index contributed by atoms with van der Waals surface area (Å²) in [6, 6.07) is 15.3. The smallest absolute Gasteiger partial charge is 0.352 e. The number of aromatic nitrogens is 3. The van der Waals surface area contributed by atoms with E-state index in [4.69, 9.17) is 32.7 Å². The molecule has 3 aromatic carbocycles. The zero-order chi connectivity index (χ0) is 34.1. The molecule has 246 valence electrons. The van der Waals surface area contributed by atoms with Crippen molar-refractivity contribution in [1.82, 2.24) is 13.9 Å². The van der Waals surface area contributed by atoms with Crippen LogP contribution in [0.15, 0.2) is 94.0 Å². The highest BCUT2D eigenvalue weighted by Crippen LogP contribution is 2.61. The molecule has 2 amide bonds. The Bertz CT molecular complexity index is 2150. The number of anilines is 1. The van der Waals surface area contributed by atoms with Crippen molar-refractivity contribution in [3.05, 3.63) is 117 Å². The van der Waals surface area contributed by atoms with Gasteiger partial charge in [0, 0.05) is 12.3 Å². The number of phenolic OH excluding ortho intramolecular Hbond substituents is 1. The number of phenols is 1. The average Bonchev–Trinajstić information content (AvgIpc) is 3.43. The monoisotopic (exact) mass is 692 g/mol. The fourth-order valence-electron chi connectivity index (χ4n) is 6.92. The second-order valence-corrected chi connectivity index (χ2v) is 12.9. The third-order valence-electron chi connectivity index (χ3n) is 9.22. The molecule has 1 saturated carbocycles. The number of alkyl halides is 2. The minimum Gasteiger partial charge on any atom is -0.502 e. The quantitative estimate of drug-likeness (QED) is 0.180. The Labute approximate surface area is 282 Å². The highest BCUT2D eigenvalue weighted by atomic mass is 35.5. The lowest BCUT2D eigenvalue weighted by atomic mass is 9.66. The van der Waals surface area contributed by atoms with Crippen molar-refractivity contribution in [3.8, 4) is 22.9 Å². The summed E-state index contributed by atoms with van der Waals surface area (Å²) in [5.41, 5.74) is 0.143. The zero-order valence-corrected chi connectivity index (χ0v) is 27.0. The first-order valence-corrected chi connectivity index (χ1v) is 15.6. The lowest BCUT2D eigenvalue weighted by molar-refractivity contribution is -0.122. The van der Waals surface area contributed by atoms with Crippen molar-refractivity contribution in [3.63, 3.8) is 0 Å². The minimum absolute atomic E-state index is 0.0308. The summed E-state index contributed by atoms with van der Waals surface area (Å²) in [5, 5.41) is 10.4. The highest BCUT2D eigenvalue weighted by Gasteiger charge is 2.75. The van der Waals surface area contributed by atoms with E-state index in [9.17, 15) is 28.7 Å². The summed E-state index contributed by atoms with van der Waals surface area (Å²) in [7, 11) is 2.75.